The lowest BCUT2D eigenvalue weighted by molar-refractivity contribution is -0.131. The number of carbonyl (C=O) groups is 1. The zero-order valence-electron chi connectivity index (χ0n) is 11.4. The van der Waals surface area contributed by atoms with Gasteiger partial charge in [0.05, 0.1) is 0 Å². The van der Waals surface area contributed by atoms with Crippen LogP contribution >= 0.6 is 0 Å². The van der Waals surface area contributed by atoms with Crippen molar-refractivity contribution in [3.05, 3.63) is 23.8 Å². The molecule has 0 unspecified atom stereocenters. The molecule has 96 valence electrons. The van der Waals surface area contributed by atoms with Gasteiger partial charge in [0.25, 0.3) is 0 Å². The molecule has 0 aromatic carbocycles. The van der Waals surface area contributed by atoms with Crippen molar-refractivity contribution in [1.82, 2.24) is 0 Å². The molecule has 0 bridgehead atoms. The lowest BCUT2D eigenvalue weighted by atomic mass is 9.64. The smallest absolute Gasteiger partial charge is 0.328 e. The van der Waals surface area contributed by atoms with Crippen LogP contribution in [0.2, 0.25) is 0 Å². The summed E-state index contributed by atoms with van der Waals surface area (Å²) in [5, 5.41) is 8.67. The van der Waals surface area contributed by atoms with E-state index in [1.54, 1.807) is 0 Å². The van der Waals surface area contributed by atoms with Crippen LogP contribution in [-0.4, -0.2) is 11.1 Å². The second kappa shape index (κ2) is 5.52. The molecule has 1 rings (SSSR count). The van der Waals surface area contributed by atoms with Crippen LogP contribution < -0.4 is 0 Å². The molecule has 2 nitrogen and oxygen atoms in total. The van der Waals surface area contributed by atoms with Gasteiger partial charge in [0.2, 0.25) is 0 Å². The molecule has 0 aromatic heterocycles. The molecule has 0 heterocycles. The van der Waals surface area contributed by atoms with Crippen molar-refractivity contribution in [3.8, 4) is 0 Å². The molecule has 17 heavy (non-hydrogen) atoms. The van der Waals surface area contributed by atoms with Crippen LogP contribution in [0.4, 0.5) is 0 Å². The highest BCUT2D eigenvalue weighted by molar-refractivity contribution is 5.81. The van der Waals surface area contributed by atoms with E-state index in [0.29, 0.717) is 17.3 Å². The van der Waals surface area contributed by atoms with Crippen LogP contribution in [0.15, 0.2) is 23.8 Å². The topological polar surface area (TPSA) is 37.3 Å². The molecule has 0 aromatic rings. The maximum absolute atomic E-state index is 10.5. The number of allylic oxidation sites excluding steroid dienone is 3. The molecule has 1 fully saturated rings. The maximum atomic E-state index is 10.5. The third-order valence-electron chi connectivity index (χ3n) is 3.91. The van der Waals surface area contributed by atoms with Crippen molar-refractivity contribution < 1.29 is 9.90 Å². The fraction of sp³-hybridized carbons (Fsp3) is 0.667. The first kappa shape index (κ1) is 14.0. The summed E-state index contributed by atoms with van der Waals surface area (Å²) in [5.74, 6) is 0.365. The van der Waals surface area contributed by atoms with Gasteiger partial charge in [-0.05, 0) is 36.2 Å². The van der Waals surface area contributed by atoms with Crippen molar-refractivity contribution in [2.45, 2.75) is 47.0 Å². The minimum absolute atomic E-state index is 0.331. The molecule has 0 spiro atoms. The van der Waals surface area contributed by atoms with Gasteiger partial charge in [0.15, 0.2) is 0 Å². The molecule has 0 saturated heterocycles. The quantitative estimate of drug-likeness (QED) is 0.593. The minimum atomic E-state index is -0.872. The molecule has 0 aliphatic heterocycles. The summed E-state index contributed by atoms with van der Waals surface area (Å²) in [6.45, 7) is 8.76. The third-order valence-corrected chi connectivity index (χ3v) is 3.91. The molecule has 0 radical (unpaired) electrons. The predicted octanol–water partition coefficient (Wildman–Crippen LogP) is 4.04. The van der Waals surface area contributed by atoms with Gasteiger partial charge in [0, 0.05) is 6.08 Å². The molecule has 0 amide bonds. The third kappa shape index (κ3) is 4.03. The monoisotopic (exact) mass is 236 g/mol. The first-order valence-corrected chi connectivity index (χ1v) is 6.42. The second-order valence-electron chi connectivity index (χ2n) is 5.97. The summed E-state index contributed by atoms with van der Waals surface area (Å²) in [5.41, 5.74) is 1.14. The van der Waals surface area contributed by atoms with Gasteiger partial charge >= 0.3 is 5.97 Å². The lowest BCUT2D eigenvalue weighted by Gasteiger charge is -2.41. The van der Waals surface area contributed by atoms with E-state index in [-0.39, 0.29) is 0 Å². The number of aliphatic carboxylic acids is 1. The molecule has 1 N–H and O–H groups in total. The largest absolute Gasteiger partial charge is 0.478 e. The molecule has 2 atom stereocenters. The van der Waals surface area contributed by atoms with Crippen molar-refractivity contribution in [3.63, 3.8) is 0 Å². The normalized spacial score (nSPS) is 29.5. The predicted molar refractivity (Wildman–Crippen MR) is 70.8 cm³/mol. The fourth-order valence-corrected chi connectivity index (χ4v) is 2.94. The molecule has 1 aliphatic rings. The summed E-state index contributed by atoms with van der Waals surface area (Å²) in [6.07, 6.45) is 9.27. The summed E-state index contributed by atoms with van der Waals surface area (Å²) < 4.78 is 0. The Kier molecular flexibility index (Phi) is 4.55. The Balaban J connectivity index is 2.77. The van der Waals surface area contributed by atoms with E-state index in [1.165, 1.54) is 25.3 Å². The average molecular weight is 236 g/mol. The number of carboxylic acids is 1. The Bertz CT molecular complexity index is 337. The Labute approximate surface area is 104 Å². The first-order valence-electron chi connectivity index (χ1n) is 6.42. The van der Waals surface area contributed by atoms with Crippen LogP contribution in [0.5, 0.6) is 0 Å². The highest BCUT2D eigenvalue weighted by atomic mass is 16.4. The zero-order chi connectivity index (χ0) is 13.1. The summed E-state index contributed by atoms with van der Waals surface area (Å²) in [6, 6.07) is 0. The summed E-state index contributed by atoms with van der Waals surface area (Å²) in [7, 11) is 0. The van der Waals surface area contributed by atoms with Gasteiger partial charge < -0.3 is 5.11 Å². The number of carboxylic acid groups (broad SMARTS) is 1. The summed E-state index contributed by atoms with van der Waals surface area (Å²) in [4.78, 5) is 10.5. The van der Waals surface area contributed by atoms with Crippen molar-refractivity contribution in [2.75, 3.05) is 0 Å². The number of hydrogen-bond donors (Lipinski definition) is 1. The first-order chi connectivity index (χ1) is 7.83. The van der Waals surface area contributed by atoms with Gasteiger partial charge in [-0.1, -0.05) is 45.8 Å². The van der Waals surface area contributed by atoms with E-state index in [2.05, 4.69) is 26.8 Å². The number of rotatable bonds is 3. The van der Waals surface area contributed by atoms with Crippen molar-refractivity contribution in [1.29, 1.82) is 0 Å². The van der Waals surface area contributed by atoms with E-state index < -0.39 is 5.97 Å². The second-order valence-corrected chi connectivity index (χ2v) is 5.97. The van der Waals surface area contributed by atoms with E-state index in [0.717, 1.165) is 5.57 Å². The van der Waals surface area contributed by atoms with Crippen molar-refractivity contribution >= 4 is 5.97 Å². The maximum Gasteiger partial charge on any atom is 0.328 e. The average Bonchev–Trinajstić information content (AvgIpc) is 2.14. The van der Waals surface area contributed by atoms with Crippen LogP contribution in [0.1, 0.15) is 47.0 Å². The van der Waals surface area contributed by atoms with Crippen LogP contribution in [0, 0.1) is 17.3 Å². The van der Waals surface area contributed by atoms with Gasteiger partial charge in [-0.3, -0.25) is 0 Å². The standard InChI is InChI=1S/C15H24O2/c1-11(10-14(16)17)7-8-13-12(2)6-5-9-15(13,3)4/h7-8,10,12-13H,5-6,9H2,1-4H3,(H,16,17)/b8-7+,11-10+/t12-,13+/m0/s1. The van der Waals surface area contributed by atoms with Crippen molar-refractivity contribution in [2.24, 2.45) is 17.3 Å². The van der Waals surface area contributed by atoms with Gasteiger partial charge in [-0.25, -0.2) is 4.79 Å². The fourth-order valence-electron chi connectivity index (χ4n) is 2.94. The molecule has 1 aliphatic carbocycles. The van der Waals surface area contributed by atoms with Gasteiger partial charge in [0.1, 0.15) is 0 Å². The van der Waals surface area contributed by atoms with E-state index >= 15 is 0 Å². The Morgan fingerprint density at radius 3 is 2.59 bits per heavy atom. The molecule has 1 saturated carbocycles. The lowest BCUT2D eigenvalue weighted by Crippen LogP contribution is -2.32. The Hall–Kier alpha value is -1.05. The van der Waals surface area contributed by atoms with E-state index in [1.807, 2.05) is 13.0 Å². The van der Waals surface area contributed by atoms with E-state index in [4.69, 9.17) is 5.11 Å². The Morgan fingerprint density at radius 2 is 2.06 bits per heavy atom. The van der Waals surface area contributed by atoms with Gasteiger partial charge in [-0.2, -0.15) is 0 Å². The van der Waals surface area contributed by atoms with Crippen LogP contribution in [0.25, 0.3) is 0 Å². The Morgan fingerprint density at radius 1 is 1.41 bits per heavy atom. The minimum Gasteiger partial charge on any atom is -0.478 e. The molecular weight excluding hydrogens is 212 g/mol. The highest BCUT2D eigenvalue weighted by Gasteiger charge is 2.34. The molecule has 2 heteroatoms. The van der Waals surface area contributed by atoms with Crippen LogP contribution in [0.3, 0.4) is 0 Å². The summed E-state index contributed by atoms with van der Waals surface area (Å²) >= 11 is 0. The number of hydrogen-bond acceptors (Lipinski definition) is 1. The zero-order valence-corrected chi connectivity index (χ0v) is 11.4. The SMILES string of the molecule is CC(/C=C/[C@@H]1[C@@H](C)CCCC1(C)C)=C\C(=O)O. The highest BCUT2D eigenvalue weighted by Crippen LogP contribution is 2.44. The van der Waals surface area contributed by atoms with E-state index in [9.17, 15) is 4.79 Å². The van der Waals surface area contributed by atoms with Crippen LogP contribution in [-0.2, 0) is 4.79 Å². The molecular formula is C15H24O2. The van der Waals surface area contributed by atoms with Gasteiger partial charge in [-0.15, -0.1) is 0 Å².